The van der Waals surface area contributed by atoms with Crippen LogP contribution in [0.2, 0.25) is 5.02 Å². The van der Waals surface area contributed by atoms with Crippen LogP contribution in [0, 0.1) is 0 Å². The summed E-state index contributed by atoms with van der Waals surface area (Å²) < 4.78 is 0. The van der Waals surface area contributed by atoms with E-state index >= 15 is 0 Å². The van der Waals surface area contributed by atoms with Crippen molar-refractivity contribution in [2.45, 2.75) is 19.9 Å². The van der Waals surface area contributed by atoms with Crippen LogP contribution in [0.5, 0.6) is 0 Å². The number of hydrazine groups is 1. The Hall–Kier alpha value is -1.26. The highest BCUT2D eigenvalue weighted by Crippen LogP contribution is 2.13. The fraction of sp³-hybridized carbons (Fsp3) is 0.417. The third-order valence-electron chi connectivity index (χ3n) is 2.13. The molecule has 1 aromatic rings. The van der Waals surface area contributed by atoms with Crippen molar-refractivity contribution in [3.63, 3.8) is 0 Å². The van der Waals surface area contributed by atoms with Crippen molar-refractivity contribution in [3.05, 3.63) is 29.3 Å². The normalized spacial score (nSPS) is 11.8. The molecule has 0 radical (unpaired) electrons. The van der Waals surface area contributed by atoms with Gasteiger partial charge in [-0.3, -0.25) is 5.01 Å². The number of guanidine groups is 1. The van der Waals surface area contributed by atoms with Crippen molar-refractivity contribution in [3.8, 4) is 0 Å². The number of hydrogen-bond donors (Lipinski definition) is 2. The fourth-order valence-electron chi connectivity index (χ4n) is 1.22. The largest absolute Gasteiger partial charge is 0.325 e. The first-order valence-corrected chi connectivity index (χ1v) is 5.92. The minimum atomic E-state index is 0.223. The molecule has 0 fully saturated rings. The van der Waals surface area contributed by atoms with E-state index in [0.29, 0.717) is 0 Å². The van der Waals surface area contributed by atoms with Crippen LogP contribution in [0.4, 0.5) is 5.69 Å². The van der Waals surface area contributed by atoms with E-state index < -0.39 is 0 Å². The number of aliphatic imine (C=N–C) groups is 1. The number of nitrogens with one attached hydrogen (secondary N) is 2. The highest BCUT2D eigenvalue weighted by Gasteiger charge is 2.05. The van der Waals surface area contributed by atoms with E-state index in [-0.39, 0.29) is 6.04 Å². The van der Waals surface area contributed by atoms with Gasteiger partial charge in [-0.05, 0) is 38.1 Å². The van der Waals surface area contributed by atoms with Crippen molar-refractivity contribution in [2.75, 3.05) is 19.4 Å². The third-order valence-corrected chi connectivity index (χ3v) is 2.39. The van der Waals surface area contributed by atoms with Gasteiger partial charge in [0.2, 0.25) is 5.96 Å². The smallest absolute Gasteiger partial charge is 0.213 e. The first-order chi connectivity index (χ1) is 8.02. The molecule has 2 N–H and O–H groups in total. The number of hydrogen-bond acceptors (Lipinski definition) is 2. The average molecular weight is 255 g/mol. The SMILES string of the molecule is CNN(C)C(=NC(C)C)Nc1ccc(Cl)cc1. The Morgan fingerprint density at radius 2 is 1.88 bits per heavy atom. The maximum Gasteiger partial charge on any atom is 0.213 e. The van der Waals surface area contributed by atoms with Crippen molar-refractivity contribution in [1.82, 2.24) is 10.4 Å². The first kappa shape index (κ1) is 13.8. The number of benzene rings is 1. The number of anilines is 1. The zero-order valence-corrected chi connectivity index (χ0v) is 11.4. The third kappa shape index (κ3) is 4.63. The molecule has 0 saturated carbocycles. The summed E-state index contributed by atoms with van der Waals surface area (Å²) in [5.41, 5.74) is 3.97. The van der Waals surface area contributed by atoms with Crippen LogP contribution in [0.1, 0.15) is 13.8 Å². The maximum absolute atomic E-state index is 5.84. The van der Waals surface area contributed by atoms with E-state index in [2.05, 4.69) is 15.7 Å². The molecule has 0 heterocycles. The summed E-state index contributed by atoms with van der Waals surface area (Å²) in [6.45, 7) is 4.07. The Morgan fingerprint density at radius 3 is 2.35 bits per heavy atom. The van der Waals surface area contributed by atoms with E-state index in [1.165, 1.54) is 0 Å². The van der Waals surface area contributed by atoms with Crippen LogP contribution in [0.25, 0.3) is 0 Å². The predicted molar refractivity (Wildman–Crippen MR) is 74.5 cm³/mol. The summed E-state index contributed by atoms with van der Waals surface area (Å²) >= 11 is 5.84. The molecule has 0 aliphatic carbocycles. The van der Waals surface area contributed by atoms with Crippen molar-refractivity contribution in [2.24, 2.45) is 4.99 Å². The quantitative estimate of drug-likeness (QED) is 0.495. The van der Waals surface area contributed by atoms with E-state index in [1.54, 1.807) is 0 Å². The summed E-state index contributed by atoms with van der Waals surface area (Å²) in [5, 5.41) is 5.79. The van der Waals surface area contributed by atoms with Crippen LogP contribution >= 0.6 is 11.6 Å². The van der Waals surface area contributed by atoms with E-state index in [9.17, 15) is 0 Å². The fourth-order valence-corrected chi connectivity index (χ4v) is 1.34. The molecule has 94 valence electrons. The highest BCUT2D eigenvalue weighted by atomic mass is 35.5. The Kier molecular flexibility index (Phi) is 5.25. The molecule has 5 heteroatoms. The van der Waals surface area contributed by atoms with E-state index in [0.717, 1.165) is 16.7 Å². The summed E-state index contributed by atoms with van der Waals surface area (Å²) in [6.07, 6.45) is 0. The molecule has 0 spiro atoms. The second-order valence-corrected chi connectivity index (χ2v) is 4.40. The van der Waals surface area contributed by atoms with Gasteiger partial charge in [-0.25, -0.2) is 10.4 Å². The van der Waals surface area contributed by atoms with E-state index in [1.807, 2.05) is 57.2 Å². The lowest BCUT2D eigenvalue weighted by Crippen LogP contribution is -2.41. The molecule has 1 rings (SSSR count). The zero-order valence-electron chi connectivity index (χ0n) is 10.7. The van der Waals surface area contributed by atoms with Gasteiger partial charge in [0.1, 0.15) is 0 Å². The van der Waals surface area contributed by atoms with Crippen LogP contribution in [-0.4, -0.2) is 31.1 Å². The molecule has 0 atom stereocenters. The van der Waals surface area contributed by atoms with Gasteiger partial charge >= 0.3 is 0 Å². The Labute approximate surface area is 108 Å². The Morgan fingerprint density at radius 1 is 1.29 bits per heavy atom. The van der Waals surface area contributed by atoms with Gasteiger partial charge in [0.25, 0.3) is 0 Å². The summed E-state index contributed by atoms with van der Waals surface area (Å²) in [5.74, 6) is 0.768. The van der Waals surface area contributed by atoms with Gasteiger partial charge in [-0.1, -0.05) is 11.6 Å². The second-order valence-electron chi connectivity index (χ2n) is 3.96. The van der Waals surface area contributed by atoms with Crippen molar-refractivity contribution < 1.29 is 0 Å². The van der Waals surface area contributed by atoms with Crippen LogP contribution < -0.4 is 10.7 Å². The molecule has 0 aromatic heterocycles. The van der Waals surface area contributed by atoms with Crippen LogP contribution in [0.3, 0.4) is 0 Å². The average Bonchev–Trinajstić information content (AvgIpc) is 2.29. The lowest BCUT2D eigenvalue weighted by Gasteiger charge is -2.21. The van der Waals surface area contributed by atoms with Crippen LogP contribution in [0.15, 0.2) is 29.3 Å². The topological polar surface area (TPSA) is 39.7 Å². The Bertz CT molecular complexity index is 373. The molecule has 0 aliphatic rings. The first-order valence-electron chi connectivity index (χ1n) is 5.54. The van der Waals surface area contributed by atoms with Gasteiger partial charge in [-0.15, -0.1) is 0 Å². The Balaban J connectivity index is 2.83. The minimum Gasteiger partial charge on any atom is -0.325 e. The van der Waals surface area contributed by atoms with Gasteiger partial charge in [0, 0.05) is 30.8 Å². The van der Waals surface area contributed by atoms with Gasteiger partial charge in [0.05, 0.1) is 0 Å². The molecular weight excluding hydrogens is 236 g/mol. The highest BCUT2D eigenvalue weighted by molar-refractivity contribution is 6.30. The molecule has 1 aromatic carbocycles. The van der Waals surface area contributed by atoms with Gasteiger partial charge < -0.3 is 5.32 Å². The monoisotopic (exact) mass is 254 g/mol. The van der Waals surface area contributed by atoms with Crippen molar-refractivity contribution in [1.29, 1.82) is 0 Å². The van der Waals surface area contributed by atoms with E-state index in [4.69, 9.17) is 11.6 Å². The number of rotatable bonds is 3. The predicted octanol–water partition coefficient (Wildman–Crippen LogP) is 2.58. The van der Waals surface area contributed by atoms with Crippen molar-refractivity contribution >= 4 is 23.2 Å². The lowest BCUT2D eigenvalue weighted by atomic mass is 10.3. The molecule has 17 heavy (non-hydrogen) atoms. The molecule has 4 nitrogen and oxygen atoms in total. The summed E-state index contributed by atoms with van der Waals surface area (Å²) in [7, 11) is 3.75. The molecule has 0 amide bonds. The maximum atomic E-state index is 5.84. The molecular formula is C12H19ClN4. The zero-order chi connectivity index (χ0) is 12.8. The number of nitrogens with zero attached hydrogens (tertiary/aromatic N) is 2. The minimum absolute atomic E-state index is 0.223. The molecule has 0 saturated heterocycles. The standard InChI is InChI=1S/C12H19ClN4/c1-9(2)15-12(17(4)14-3)16-11-7-5-10(13)6-8-11/h5-9,14H,1-4H3,(H,15,16). The van der Waals surface area contributed by atoms with Gasteiger partial charge in [-0.2, -0.15) is 0 Å². The van der Waals surface area contributed by atoms with Crippen LogP contribution in [-0.2, 0) is 0 Å². The molecule has 0 unspecified atom stereocenters. The molecule has 0 bridgehead atoms. The number of halogens is 1. The van der Waals surface area contributed by atoms with Gasteiger partial charge in [0.15, 0.2) is 0 Å². The second kappa shape index (κ2) is 6.47. The summed E-state index contributed by atoms with van der Waals surface area (Å²) in [4.78, 5) is 4.50. The molecule has 0 aliphatic heterocycles. The summed E-state index contributed by atoms with van der Waals surface area (Å²) in [6, 6.07) is 7.75. The lowest BCUT2D eigenvalue weighted by molar-refractivity contribution is 0.405.